The highest BCUT2D eigenvalue weighted by molar-refractivity contribution is 4.78. The van der Waals surface area contributed by atoms with E-state index in [0.717, 1.165) is 13.2 Å². The number of nitrogens with one attached hydrogen (secondary N) is 1. The van der Waals surface area contributed by atoms with Gasteiger partial charge in [0.1, 0.15) is 0 Å². The number of ether oxygens (including phenoxy) is 1. The summed E-state index contributed by atoms with van der Waals surface area (Å²) in [5.74, 6) is 0.477. The molecule has 0 saturated carbocycles. The Morgan fingerprint density at radius 2 is 2.07 bits per heavy atom. The maximum absolute atomic E-state index is 9.99. The molecule has 2 N–H and O–H groups in total. The lowest BCUT2D eigenvalue weighted by atomic mass is 10.1. The molecule has 15 heavy (non-hydrogen) atoms. The van der Waals surface area contributed by atoms with Crippen molar-refractivity contribution < 1.29 is 9.84 Å². The normalized spacial score (nSPS) is 17.8. The second-order valence-electron chi connectivity index (χ2n) is 4.93. The van der Waals surface area contributed by atoms with Crippen molar-refractivity contribution in [2.24, 2.45) is 5.92 Å². The fraction of sp³-hybridized carbons (Fsp3) is 1.00. The van der Waals surface area contributed by atoms with Gasteiger partial charge in [0, 0.05) is 33.4 Å². The molecular formula is C11H26N2O2. The molecule has 92 valence electrons. The Morgan fingerprint density at radius 1 is 1.47 bits per heavy atom. The van der Waals surface area contributed by atoms with E-state index in [1.54, 1.807) is 7.11 Å². The first-order chi connectivity index (χ1) is 6.87. The molecule has 0 fully saturated rings. The van der Waals surface area contributed by atoms with Gasteiger partial charge >= 0.3 is 0 Å². The van der Waals surface area contributed by atoms with Crippen LogP contribution in [0.5, 0.6) is 0 Å². The van der Waals surface area contributed by atoms with Crippen molar-refractivity contribution in [1.29, 1.82) is 0 Å². The molecule has 0 aromatic heterocycles. The second kappa shape index (κ2) is 7.17. The molecule has 0 rings (SSSR count). The summed E-state index contributed by atoms with van der Waals surface area (Å²) >= 11 is 0. The minimum absolute atomic E-state index is 0.477. The number of aliphatic hydroxyl groups is 1. The molecule has 0 aliphatic rings. The van der Waals surface area contributed by atoms with E-state index in [4.69, 9.17) is 4.74 Å². The fourth-order valence-corrected chi connectivity index (χ4v) is 1.67. The van der Waals surface area contributed by atoms with Gasteiger partial charge < -0.3 is 20.1 Å². The molecule has 0 heterocycles. The first-order valence-electron chi connectivity index (χ1n) is 5.44. The van der Waals surface area contributed by atoms with Crippen molar-refractivity contribution in [2.45, 2.75) is 19.4 Å². The molecule has 0 aliphatic carbocycles. The van der Waals surface area contributed by atoms with Gasteiger partial charge in [-0.15, -0.1) is 0 Å². The van der Waals surface area contributed by atoms with Crippen LogP contribution in [0.2, 0.25) is 0 Å². The van der Waals surface area contributed by atoms with E-state index < -0.39 is 5.60 Å². The van der Waals surface area contributed by atoms with Crippen LogP contribution in [0.1, 0.15) is 13.8 Å². The topological polar surface area (TPSA) is 44.7 Å². The van der Waals surface area contributed by atoms with E-state index in [-0.39, 0.29) is 0 Å². The van der Waals surface area contributed by atoms with Gasteiger partial charge in [0.25, 0.3) is 0 Å². The highest BCUT2D eigenvalue weighted by atomic mass is 16.5. The number of rotatable bonds is 8. The number of hydrogen-bond acceptors (Lipinski definition) is 4. The lowest BCUT2D eigenvalue weighted by Gasteiger charge is -2.27. The van der Waals surface area contributed by atoms with E-state index in [0.29, 0.717) is 19.0 Å². The number of nitrogens with zero attached hydrogens (tertiary/aromatic N) is 1. The van der Waals surface area contributed by atoms with Crippen molar-refractivity contribution >= 4 is 0 Å². The lowest BCUT2D eigenvalue weighted by Crippen LogP contribution is -2.46. The summed E-state index contributed by atoms with van der Waals surface area (Å²) in [6.07, 6.45) is 0. The van der Waals surface area contributed by atoms with Crippen LogP contribution in [0.4, 0.5) is 0 Å². The lowest BCUT2D eigenvalue weighted by molar-refractivity contribution is 0.0323. The first-order valence-corrected chi connectivity index (χ1v) is 5.44. The minimum atomic E-state index is -0.670. The quantitative estimate of drug-likeness (QED) is 0.610. The van der Waals surface area contributed by atoms with Gasteiger partial charge in [-0.25, -0.2) is 0 Å². The maximum Gasteiger partial charge on any atom is 0.0869 e. The zero-order chi connectivity index (χ0) is 11.9. The van der Waals surface area contributed by atoms with Gasteiger partial charge in [0.2, 0.25) is 0 Å². The van der Waals surface area contributed by atoms with Crippen molar-refractivity contribution in [2.75, 3.05) is 47.4 Å². The second-order valence-corrected chi connectivity index (χ2v) is 4.93. The summed E-state index contributed by atoms with van der Waals surface area (Å²) in [5, 5.41) is 13.3. The maximum atomic E-state index is 9.99. The van der Waals surface area contributed by atoms with Crippen LogP contribution >= 0.6 is 0 Å². The molecule has 4 nitrogen and oxygen atoms in total. The largest absolute Gasteiger partial charge is 0.388 e. The molecule has 0 amide bonds. The van der Waals surface area contributed by atoms with Crippen molar-refractivity contribution in [3.63, 3.8) is 0 Å². The highest BCUT2D eigenvalue weighted by Gasteiger charge is 2.20. The molecule has 2 unspecified atom stereocenters. The predicted octanol–water partition coefficient (Wildman–Crippen LogP) is 0.171. The summed E-state index contributed by atoms with van der Waals surface area (Å²) in [6, 6.07) is 0. The van der Waals surface area contributed by atoms with Crippen molar-refractivity contribution in [3.05, 3.63) is 0 Å². The summed E-state index contributed by atoms with van der Waals surface area (Å²) < 4.78 is 5.04. The van der Waals surface area contributed by atoms with Crippen LogP contribution < -0.4 is 5.32 Å². The van der Waals surface area contributed by atoms with Gasteiger partial charge in [-0.05, 0) is 26.9 Å². The van der Waals surface area contributed by atoms with Gasteiger partial charge in [-0.3, -0.25) is 0 Å². The van der Waals surface area contributed by atoms with Crippen LogP contribution in [0.15, 0.2) is 0 Å². The molecule has 0 radical (unpaired) electrons. The smallest absolute Gasteiger partial charge is 0.0869 e. The molecule has 0 aromatic rings. The third kappa shape index (κ3) is 8.81. The van der Waals surface area contributed by atoms with Crippen LogP contribution in [0, 0.1) is 5.92 Å². The zero-order valence-electron chi connectivity index (χ0n) is 10.7. The first kappa shape index (κ1) is 14.8. The molecule has 0 aliphatic heterocycles. The Hall–Kier alpha value is -0.160. The molecule has 4 heteroatoms. The summed E-state index contributed by atoms with van der Waals surface area (Å²) in [5.41, 5.74) is -0.670. The van der Waals surface area contributed by atoms with E-state index in [2.05, 4.69) is 12.2 Å². The monoisotopic (exact) mass is 218 g/mol. The third-order valence-corrected chi connectivity index (χ3v) is 2.11. The van der Waals surface area contributed by atoms with Crippen LogP contribution in [-0.4, -0.2) is 63.1 Å². The van der Waals surface area contributed by atoms with E-state index in [9.17, 15) is 5.11 Å². The number of hydrogen-bond donors (Lipinski definition) is 2. The molecule has 0 spiro atoms. The van der Waals surface area contributed by atoms with Gasteiger partial charge in [0.15, 0.2) is 0 Å². The highest BCUT2D eigenvalue weighted by Crippen LogP contribution is 2.03. The molecule has 2 atom stereocenters. The Labute approximate surface area is 93.6 Å². The number of methoxy groups -OCH3 is 1. The molecule has 0 saturated heterocycles. The van der Waals surface area contributed by atoms with E-state index >= 15 is 0 Å². The van der Waals surface area contributed by atoms with Crippen LogP contribution in [0.3, 0.4) is 0 Å². The Morgan fingerprint density at radius 3 is 2.53 bits per heavy atom. The van der Waals surface area contributed by atoms with Crippen molar-refractivity contribution in [1.82, 2.24) is 10.2 Å². The average Bonchev–Trinajstić information content (AvgIpc) is 2.01. The molecular weight excluding hydrogens is 192 g/mol. The van der Waals surface area contributed by atoms with E-state index in [1.807, 2.05) is 25.9 Å². The third-order valence-electron chi connectivity index (χ3n) is 2.11. The Kier molecular flexibility index (Phi) is 7.09. The Bertz CT molecular complexity index is 161. The fourth-order valence-electron chi connectivity index (χ4n) is 1.67. The van der Waals surface area contributed by atoms with Gasteiger partial charge in [-0.2, -0.15) is 0 Å². The zero-order valence-corrected chi connectivity index (χ0v) is 10.7. The predicted molar refractivity (Wildman–Crippen MR) is 63.1 cm³/mol. The van der Waals surface area contributed by atoms with E-state index in [1.165, 1.54) is 0 Å². The Balaban J connectivity index is 3.65. The molecule has 0 aromatic carbocycles. The van der Waals surface area contributed by atoms with Crippen LogP contribution in [-0.2, 0) is 4.74 Å². The van der Waals surface area contributed by atoms with Crippen LogP contribution in [0.25, 0.3) is 0 Å². The summed E-state index contributed by atoms with van der Waals surface area (Å²) in [7, 11) is 5.63. The summed E-state index contributed by atoms with van der Waals surface area (Å²) in [6.45, 7) is 6.87. The number of likely N-dealkylation sites (N-methyl/N-ethyl adjacent to an activating group) is 1. The summed E-state index contributed by atoms with van der Waals surface area (Å²) in [4.78, 5) is 1.99. The standard InChI is InChI=1S/C11H26N2O2/c1-10(7-15-5)6-12-8-11(2,14)9-13(3)4/h10,12,14H,6-9H2,1-5H3. The average molecular weight is 218 g/mol. The minimum Gasteiger partial charge on any atom is -0.388 e. The molecule has 0 bridgehead atoms. The van der Waals surface area contributed by atoms with Gasteiger partial charge in [0.05, 0.1) is 5.60 Å². The van der Waals surface area contributed by atoms with Gasteiger partial charge in [-0.1, -0.05) is 6.92 Å². The SMILES string of the molecule is COCC(C)CNCC(C)(O)CN(C)C. The van der Waals surface area contributed by atoms with Crippen molar-refractivity contribution in [3.8, 4) is 0 Å².